The standard InChI is InChI=1S/C22H32N4O/c1-17(2)21-23-22(24-27-21)26-15-11-20(16-26)19-9-13-25(14-10-19)12-8-18-6-4-3-5-7-18/h3-7,17,19-20H,8-16H2,1-2H3/t20-/m1/s1. The van der Waals surface area contributed by atoms with Crippen molar-refractivity contribution in [1.29, 1.82) is 0 Å². The zero-order valence-electron chi connectivity index (χ0n) is 16.7. The Morgan fingerprint density at radius 2 is 1.78 bits per heavy atom. The van der Waals surface area contributed by atoms with Gasteiger partial charge in [-0.15, -0.1) is 0 Å². The summed E-state index contributed by atoms with van der Waals surface area (Å²) in [4.78, 5) is 9.54. The van der Waals surface area contributed by atoms with E-state index in [0.717, 1.165) is 36.8 Å². The highest BCUT2D eigenvalue weighted by molar-refractivity contribution is 5.30. The first-order valence-corrected chi connectivity index (χ1v) is 10.5. The molecule has 0 N–H and O–H groups in total. The van der Waals surface area contributed by atoms with Crippen LogP contribution in [0.25, 0.3) is 0 Å². The third-order valence-electron chi connectivity index (χ3n) is 6.29. The number of benzene rings is 1. The fraction of sp³-hybridized carbons (Fsp3) is 0.636. The zero-order chi connectivity index (χ0) is 18.6. The topological polar surface area (TPSA) is 45.4 Å². The van der Waals surface area contributed by atoms with E-state index in [1.807, 2.05) is 0 Å². The molecule has 0 aliphatic carbocycles. The van der Waals surface area contributed by atoms with Gasteiger partial charge in [0.25, 0.3) is 5.95 Å². The average Bonchev–Trinajstić information content (AvgIpc) is 3.37. The van der Waals surface area contributed by atoms with Crippen LogP contribution in [0.1, 0.15) is 50.5 Å². The molecular formula is C22H32N4O. The van der Waals surface area contributed by atoms with Crippen LogP contribution in [0.2, 0.25) is 0 Å². The normalized spacial score (nSPS) is 22.0. The van der Waals surface area contributed by atoms with Crippen molar-refractivity contribution in [1.82, 2.24) is 15.0 Å². The molecule has 0 amide bonds. The summed E-state index contributed by atoms with van der Waals surface area (Å²) in [6.45, 7) is 10.0. The SMILES string of the molecule is CC(C)c1nc(N2CC[C@@H](C3CCN(CCc4ccccc4)CC3)C2)no1. The van der Waals surface area contributed by atoms with Crippen molar-refractivity contribution in [3.63, 3.8) is 0 Å². The van der Waals surface area contributed by atoms with E-state index in [-0.39, 0.29) is 0 Å². The highest BCUT2D eigenvalue weighted by Crippen LogP contribution is 2.33. The second-order valence-electron chi connectivity index (χ2n) is 8.50. The van der Waals surface area contributed by atoms with Gasteiger partial charge in [-0.05, 0) is 61.3 Å². The van der Waals surface area contributed by atoms with Crippen LogP contribution in [0.4, 0.5) is 5.95 Å². The summed E-state index contributed by atoms with van der Waals surface area (Å²) in [6.07, 6.45) is 5.09. The monoisotopic (exact) mass is 368 g/mol. The number of hydrogen-bond acceptors (Lipinski definition) is 5. The summed E-state index contributed by atoms with van der Waals surface area (Å²) < 4.78 is 5.39. The molecule has 2 aliphatic heterocycles. The largest absolute Gasteiger partial charge is 0.338 e. The molecule has 2 aromatic rings. The first kappa shape index (κ1) is 18.5. The number of nitrogens with zero attached hydrogens (tertiary/aromatic N) is 4. The van der Waals surface area contributed by atoms with Gasteiger partial charge < -0.3 is 14.3 Å². The average molecular weight is 369 g/mol. The van der Waals surface area contributed by atoms with Gasteiger partial charge in [0.05, 0.1) is 0 Å². The van der Waals surface area contributed by atoms with E-state index >= 15 is 0 Å². The van der Waals surface area contributed by atoms with Crippen LogP contribution in [-0.2, 0) is 6.42 Å². The lowest BCUT2D eigenvalue weighted by atomic mass is 9.83. The quantitative estimate of drug-likeness (QED) is 0.772. The minimum atomic E-state index is 0.296. The lowest BCUT2D eigenvalue weighted by Crippen LogP contribution is -2.38. The van der Waals surface area contributed by atoms with Crippen LogP contribution in [-0.4, -0.2) is 47.8 Å². The first-order valence-electron chi connectivity index (χ1n) is 10.5. The Morgan fingerprint density at radius 1 is 1.04 bits per heavy atom. The number of aromatic nitrogens is 2. The number of anilines is 1. The van der Waals surface area contributed by atoms with Gasteiger partial charge in [0.15, 0.2) is 0 Å². The molecule has 1 atom stereocenters. The van der Waals surface area contributed by atoms with E-state index in [0.29, 0.717) is 5.92 Å². The molecule has 2 aliphatic rings. The third-order valence-corrected chi connectivity index (χ3v) is 6.29. The maximum absolute atomic E-state index is 5.39. The van der Waals surface area contributed by atoms with Gasteiger partial charge in [-0.3, -0.25) is 0 Å². The van der Waals surface area contributed by atoms with Crippen molar-refractivity contribution < 1.29 is 4.52 Å². The summed E-state index contributed by atoms with van der Waals surface area (Å²) in [7, 11) is 0. The first-order chi connectivity index (χ1) is 13.2. The van der Waals surface area contributed by atoms with Crippen molar-refractivity contribution in [3.8, 4) is 0 Å². The minimum Gasteiger partial charge on any atom is -0.338 e. The van der Waals surface area contributed by atoms with Crippen LogP contribution in [0.15, 0.2) is 34.9 Å². The van der Waals surface area contributed by atoms with E-state index in [4.69, 9.17) is 4.52 Å². The van der Waals surface area contributed by atoms with Crippen LogP contribution >= 0.6 is 0 Å². The molecule has 3 heterocycles. The Kier molecular flexibility index (Phi) is 5.77. The summed E-state index contributed by atoms with van der Waals surface area (Å²) in [5, 5.41) is 4.20. The fourth-order valence-corrected chi connectivity index (χ4v) is 4.52. The second-order valence-corrected chi connectivity index (χ2v) is 8.50. The van der Waals surface area contributed by atoms with Crippen molar-refractivity contribution in [2.75, 3.05) is 37.6 Å². The molecule has 1 aromatic carbocycles. The van der Waals surface area contributed by atoms with Gasteiger partial charge in [-0.2, -0.15) is 4.98 Å². The molecule has 2 fully saturated rings. The smallest absolute Gasteiger partial charge is 0.266 e. The molecule has 5 heteroatoms. The second kappa shape index (κ2) is 8.42. The summed E-state index contributed by atoms with van der Waals surface area (Å²) in [5.41, 5.74) is 1.45. The van der Waals surface area contributed by atoms with E-state index in [9.17, 15) is 0 Å². The Labute approximate surface area is 162 Å². The minimum absolute atomic E-state index is 0.296. The number of likely N-dealkylation sites (tertiary alicyclic amines) is 1. The van der Waals surface area contributed by atoms with Gasteiger partial charge in [-0.1, -0.05) is 44.2 Å². The van der Waals surface area contributed by atoms with Gasteiger partial charge >= 0.3 is 0 Å². The molecule has 5 nitrogen and oxygen atoms in total. The highest BCUT2D eigenvalue weighted by Gasteiger charge is 2.33. The molecule has 0 spiro atoms. The lowest BCUT2D eigenvalue weighted by molar-refractivity contribution is 0.154. The molecular weight excluding hydrogens is 336 g/mol. The third kappa shape index (κ3) is 4.52. The Morgan fingerprint density at radius 3 is 2.48 bits per heavy atom. The van der Waals surface area contributed by atoms with E-state index in [1.165, 1.54) is 50.9 Å². The Bertz CT molecular complexity index is 706. The van der Waals surface area contributed by atoms with Crippen LogP contribution < -0.4 is 4.90 Å². The molecule has 0 radical (unpaired) electrons. The molecule has 1 aromatic heterocycles. The molecule has 0 unspecified atom stereocenters. The molecule has 2 saturated heterocycles. The van der Waals surface area contributed by atoms with Gasteiger partial charge in [0, 0.05) is 25.6 Å². The van der Waals surface area contributed by atoms with Gasteiger partial charge in [0.2, 0.25) is 5.89 Å². The summed E-state index contributed by atoms with van der Waals surface area (Å²) in [5.74, 6) is 3.47. The van der Waals surface area contributed by atoms with E-state index in [2.05, 4.69) is 64.1 Å². The number of rotatable bonds is 6. The summed E-state index contributed by atoms with van der Waals surface area (Å²) in [6, 6.07) is 10.9. The van der Waals surface area contributed by atoms with Crippen LogP contribution in [0, 0.1) is 11.8 Å². The number of hydrogen-bond donors (Lipinski definition) is 0. The Hall–Kier alpha value is -1.88. The van der Waals surface area contributed by atoms with E-state index in [1.54, 1.807) is 0 Å². The van der Waals surface area contributed by atoms with Crippen molar-refractivity contribution in [3.05, 3.63) is 41.8 Å². The molecule has 0 saturated carbocycles. The number of piperidine rings is 1. The summed E-state index contributed by atoms with van der Waals surface area (Å²) >= 11 is 0. The maximum atomic E-state index is 5.39. The molecule has 0 bridgehead atoms. The van der Waals surface area contributed by atoms with Crippen molar-refractivity contribution in [2.45, 2.75) is 45.4 Å². The van der Waals surface area contributed by atoms with Crippen LogP contribution in [0.5, 0.6) is 0 Å². The van der Waals surface area contributed by atoms with Crippen LogP contribution in [0.3, 0.4) is 0 Å². The zero-order valence-corrected chi connectivity index (χ0v) is 16.7. The van der Waals surface area contributed by atoms with Crippen molar-refractivity contribution in [2.24, 2.45) is 11.8 Å². The van der Waals surface area contributed by atoms with Gasteiger partial charge in [0.1, 0.15) is 0 Å². The predicted molar refractivity (Wildman–Crippen MR) is 108 cm³/mol. The van der Waals surface area contributed by atoms with Gasteiger partial charge in [-0.25, -0.2) is 0 Å². The highest BCUT2D eigenvalue weighted by atomic mass is 16.5. The lowest BCUT2D eigenvalue weighted by Gasteiger charge is -2.34. The maximum Gasteiger partial charge on any atom is 0.266 e. The fourth-order valence-electron chi connectivity index (χ4n) is 4.52. The molecule has 27 heavy (non-hydrogen) atoms. The Balaban J connectivity index is 1.23. The van der Waals surface area contributed by atoms with Crippen molar-refractivity contribution >= 4 is 5.95 Å². The van der Waals surface area contributed by atoms with E-state index < -0.39 is 0 Å². The predicted octanol–water partition coefficient (Wildman–Crippen LogP) is 3.97. The molecule has 4 rings (SSSR count). The molecule has 146 valence electrons.